The van der Waals surface area contributed by atoms with E-state index in [2.05, 4.69) is 0 Å². The summed E-state index contributed by atoms with van der Waals surface area (Å²) in [4.78, 5) is 11.2. The molecular weight excluding hydrogens is 261 g/mol. The molecule has 0 saturated carbocycles. The summed E-state index contributed by atoms with van der Waals surface area (Å²) in [7, 11) is 0. The van der Waals surface area contributed by atoms with Gasteiger partial charge in [0.15, 0.2) is 0 Å². The van der Waals surface area contributed by atoms with E-state index < -0.39 is 23.2 Å². The summed E-state index contributed by atoms with van der Waals surface area (Å²) in [6.07, 6.45) is -4.55. The smallest absolute Gasteiger partial charge is 0.416 e. The molecule has 1 aromatic rings. The Labute approximate surface area is 108 Å². The third kappa shape index (κ3) is 4.44. The van der Waals surface area contributed by atoms with Gasteiger partial charge in [-0.2, -0.15) is 13.2 Å². The van der Waals surface area contributed by atoms with Gasteiger partial charge in [-0.3, -0.25) is 4.79 Å². The molecule has 1 aromatic carbocycles. The van der Waals surface area contributed by atoms with Crippen molar-refractivity contribution in [3.63, 3.8) is 0 Å². The molecule has 0 atom stereocenters. The third-order valence-electron chi connectivity index (χ3n) is 2.17. The summed E-state index contributed by atoms with van der Waals surface area (Å²) in [6, 6.07) is 2.56. The van der Waals surface area contributed by atoms with Crippen molar-refractivity contribution >= 4 is 5.91 Å². The van der Waals surface area contributed by atoms with E-state index in [0.29, 0.717) is 6.07 Å². The Morgan fingerprint density at radius 3 is 2.32 bits per heavy atom. The lowest BCUT2D eigenvalue weighted by atomic mass is 10.1. The highest BCUT2D eigenvalue weighted by atomic mass is 19.4. The Balaban J connectivity index is 3.09. The van der Waals surface area contributed by atoms with E-state index in [9.17, 15) is 18.0 Å². The van der Waals surface area contributed by atoms with Gasteiger partial charge in [0, 0.05) is 5.54 Å². The third-order valence-corrected chi connectivity index (χ3v) is 2.17. The lowest BCUT2D eigenvalue weighted by Gasteiger charge is -2.20. The maximum atomic E-state index is 12.5. The second-order valence-corrected chi connectivity index (χ2v) is 4.85. The Morgan fingerprint density at radius 2 is 1.89 bits per heavy atom. The zero-order chi connectivity index (χ0) is 14.8. The minimum atomic E-state index is -4.55. The summed E-state index contributed by atoms with van der Waals surface area (Å²) in [5, 5.41) is 0. The van der Waals surface area contributed by atoms with E-state index in [-0.39, 0.29) is 17.9 Å². The maximum Gasteiger partial charge on any atom is 0.416 e. The van der Waals surface area contributed by atoms with Crippen LogP contribution in [-0.2, 0) is 6.18 Å². The van der Waals surface area contributed by atoms with Crippen molar-refractivity contribution in [1.82, 2.24) is 0 Å². The van der Waals surface area contributed by atoms with Crippen molar-refractivity contribution in [2.24, 2.45) is 11.5 Å². The Bertz CT molecular complexity index is 479. The number of halogens is 3. The minimum Gasteiger partial charge on any atom is -0.491 e. The molecule has 1 amide bonds. The molecule has 0 radical (unpaired) electrons. The van der Waals surface area contributed by atoms with Crippen LogP contribution in [0.2, 0.25) is 0 Å². The molecule has 0 heterocycles. The molecule has 0 aliphatic rings. The van der Waals surface area contributed by atoms with Crippen molar-refractivity contribution < 1.29 is 22.7 Å². The molecule has 0 spiro atoms. The van der Waals surface area contributed by atoms with Crippen LogP contribution in [0.1, 0.15) is 29.8 Å². The first-order valence-electron chi connectivity index (χ1n) is 5.43. The number of carbonyl (C=O) groups is 1. The summed E-state index contributed by atoms with van der Waals surface area (Å²) >= 11 is 0. The van der Waals surface area contributed by atoms with Crippen LogP contribution in [0.15, 0.2) is 18.2 Å². The first-order chi connectivity index (χ1) is 8.50. The van der Waals surface area contributed by atoms with Crippen molar-refractivity contribution in [2.75, 3.05) is 6.61 Å². The highest BCUT2D eigenvalue weighted by Gasteiger charge is 2.32. The number of nitrogens with two attached hydrogens (primary N) is 2. The van der Waals surface area contributed by atoms with Crippen molar-refractivity contribution in [3.05, 3.63) is 29.3 Å². The van der Waals surface area contributed by atoms with Crippen molar-refractivity contribution in [1.29, 1.82) is 0 Å². The molecule has 106 valence electrons. The molecule has 0 aliphatic heterocycles. The SMILES string of the molecule is CC(C)(N)COc1ccc(C(F)(F)F)cc1C(N)=O. The van der Waals surface area contributed by atoms with Gasteiger partial charge in [-0.15, -0.1) is 0 Å². The number of primary amides is 1. The normalized spacial score (nSPS) is 12.3. The fraction of sp³-hybridized carbons (Fsp3) is 0.417. The predicted octanol–water partition coefficient (Wildman–Crippen LogP) is 1.92. The van der Waals surface area contributed by atoms with E-state index in [1.165, 1.54) is 0 Å². The highest BCUT2D eigenvalue weighted by molar-refractivity contribution is 5.95. The number of rotatable bonds is 4. The lowest BCUT2D eigenvalue weighted by molar-refractivity contribution is -0.137. The highest BCUT2D eigenvalue weighted by Crippen LogP contribution is 2.32. The van der Waals surface area contributed by atoms with Crippen LogP contribution >= 0.6 is 0 Å². The second kappa shape index (κ2) is 5.08. The van der Waals surface area contributed by atoms with Crippen LogP contribution in [0.3, 0.4) is 0 Å². The van der Waals surface area contributed by atoms with Gasteiger partial charge in [-0.05, 0) is 32.0 Å². The van der Waals surface area contributed by atoms with Gasteiger partial charge in [-0.25, -0.2) is 0 Å². The molecule has 0 unspecified atom stereocenters. The van der Waals surface area contributed by atoms with E-state index in [0.717, 1.165) is 12.1 Å². The average molecular weight is 276 g/mol. The minimum absolute atomic E-state index is 0.0148. The second-order valence-electron chi connectivity index (χ2n) is 4.85. The van der Waals surface area contributed by atoms with Gasteiger partial charge in [0.05, 0.1) is 11.1 Å². The van der Waals surface area contributed by atoms with Gasteiger partial charge in [0.25, 0.3) is 5.91 Å². The van der Waals surface area contributed by atoms with Gasteiger partial charge >= 0.3 is 6.18 Å². The number of hydrogen-bond donors (Lipinski definition) is 2. The van der Waals surface area contributed by atoms with E-state index in [1.807, 2.05) is 0 Å². The number of benzene rings is 1. The Kier molecular flexibility index (Phi) is 4.09. The molecular formula is C12H15F3N2O2. The molecule has 1 rings (SSSR count). The molecule has 0 aromatic heterocycles. The van der Waals surface area contributed by atoms with Crippen molar-refractivity contribution in [2.45, 2.75) is 25.6 Å². The topological polar surface area (TPSA) is 78.3 Å². The van der Waals surface area contributed by atoms with Crippen LogP contribution in [0, 0.1) is 0 Å². The summed E-state index contributed by atoms with van der Waals surface area (Å²) in [6.45, 7) is 3.40. The van der Waals surface area contributed by atoms with Crippen LogP contribution in [-0.4, -0.2) is 18.1 Å². The monoisotopic (exact) mass is 276 g/mol. The predicted molar refractivity (Wildman–Crippen MR) is 63.7 cm³/mol. The first kappa shape index (κ1) is 15.3. The molecule has 0 fully saturated rings. The van der Waals surface area contributed by atoms with Gasteiger partial charge in [0.1, 0.15) is 12.4 Å². The lowest BCUT2D eigenvalue weighted by Crippen LogP contribution is -2.39. The molecule has 0 saturated heterocycles. The summed E-state index contributed by atoms with van der Waals surface area (Å²) in [5.41, 5.74) is 8.78. The van der Waals surface area contributed by atoms with Crippen LogP contribution < -0.4 is 16.2 Å². The zero-order valence-corrected chi connectivity index (χ0v) is 10.5. The Morgan fingerprint density at radius 1 is 1.32 bits per heavy atom. The molecule has 4 nitrogen and oxygen atoms in total. The number of alkyl halides is 3. The molecule has 19 heavy (non-hydrogen) atoms. The number of carbonyl (C=O) groups excluding carboxylic acids is 1. The largest absolute Gasteiger partial charge is 0.491 e. The molecule has 7 heteroatoms. The maximum absolute atomic E-state index is 12.5. The Hall–Kier alpha value is -1.76. The van der Waals surface area contributed by atoms with Crippen molar-refractivity contribution in [3.8, 4) is 5.75 Å². The van der Waals surface area contributed by atoms with E-state index in [1.54, 1.807) is 13.8 Å². The van der Waals surface area contributed by atoms with Crippen LogP contribution in [0.5, 0.6) is 5.75 Å². The van der Waals surface area contributed by atoms with Crippen LogP contribution in [0.4, 0.5) is 13.2 Å². The number of ether oxygens (including phenoxy) is 1. The van der Waals surface area contributed by atoms with Gasteiger partial charge in [0.2, 0.25) is 0 Å². The standard InChI is InChI=1S/C12H15F3N2O2/c1-11(2,17)6-19-9-4-3-7(12(13,14)15)5-8(9)10(16)18/h3-5H,6,17H2,1-2H3,(H2,16,18). The summed E-state index contributed by atoms with van der Waals surface area (Å²) in [5.74, 6) is -1.00. The average Bonchev–Trinajstić information content (AvgIpc) is 2.23. The number of amides is 1. The molecule has 4 N–H and O–H groups in total. The fourth-order valence-corrected chi connectivity index (χ4v) is 1.29. The van der Waals surface area contributed by atoms with E-state index >= 15 is 0 Å². The zero-order valence-electron chi connectivity index (χ0n) is 10.5. The van der Waals surface area contributed by atoms with E-state index in [4.69, 9.17) is 16.2 Å². The molecule has 0 aliphatic carbocycles. The summed E-state index contributed by atoms with van der Waals surface area (Å²) < 4.78 is 42.8. The number of hydrogen-bond acceptors (Lipinski definition) is 3. The first-order valence-corrected chi connectivity index (χ1v) is 5.43. The van der Waals surface area contributed by atoms with Gasteiger partial charge in [-0.1, -0.05) is 0 Å². The quantitative estimate of drug-likeness (QED) is 0.881. The van der Waals surface area contributed by atoms with Crippen LogP contribution in [0.25, 0.3) is 0 Å². The van der Waals surface area contributed by atoms with Gasteiger partial charge < -0.3 is 16.2 Å². The fourth-order valence-electron chi connectivity index (χ4n) is 1.29. The molecule has 0 bridgehead atoms.